The molecule has 1 saturated heterocycles. The lowest BCUT2D eigenvalue weighted by Gasteiger charge is -2.25. The first-order chi connectivity index (χ1) is 15.6. The van der Waals surface area contributed by atoms with Gasteiger partial charge in [0.2, 0.25) is 5.91 Å². The largest absolute Gasteiger partial charge is 0.497 e. The molecule has 7 heteroatoms. The topological polar surface area (TPSA) is 77.7 Å². The van der Waals surface area contributed by atoms with Crippen LogP contribution in [0.2, 0.25) is 0 Å². The average Bonchev–Trinajstić information content (AvgIpc) is 3.46. The Morgan fingerprint density at radius 1 is 1.12 bits per heavy atom. The van der Waals surface area contributed by atoms with Gasteiger partial charge in [-0.3, -0.25) is 4.79 Å². The molecule has 1 aliphatic rings. The van der Waals surface area contributed by atoms with Crippen LogP contribution in [0.5, 0.6) is 11.5 Å². The monoisotopic (exact) mass is 435 g/mol. The van der Waals surface area contributed by atoms with Gasteiger partial charge in [-0.15, -0.1) is 0 Å². The van der Waals surface area contributed by atoms with Crippen LogP contribution in [0, 0.1) is 0 Å². The van der Waals surface area contributed by atoms with Crippen LogP contribution in [-0.2, 0) is 4.79 Å². The Morgan fingerprint density at radius 3 is 2.53 bits per heavy atom. The Bertz CT molecular complexity index is 1030. The number of amides is 1. The number of methoxy groups -OCH3 is 1. The highest BCUT2D eigenvalue weighted by atomic mass is 16.5. The molecule has 0 radical (unpaired) electrons. The average molecular weight is 436 g/mol. The number of likely N-dealkylation sites (tertiary alicyclic amines) is 1. The molecule has 0 bridgehead atoms. The summed E-state index contributed by atoms with van der Waals surface area (Å²) in [6, 6.07) is 15.4. The summed E-state index contributed by atoms with van der Waals surface area (Å²) in [5.74, 6) is 2.66. The van der Waals surface area contributed by atoms with E-state index in [0.29, 0.717) is 31.3 Å². The van der Waals surface area contributed by atoms with Gasteiger partial charge in [-0.1, -0.05) is 30.6 Å². The molecule has 1 aliphatic heterocycles. The molecule has 2 aromatic carbocycles. The molecular formula is C25H29N3O4. The zero-order valence-electron chi connectivity index (χ0n) is 18.8. The van der Waals surface area contributed by atoms with Crippen LogP contribution in [0.1, 0.15) is 56.5 Å². The van der Waals surface area contributed by atoms with Gasteiger partial charge in [0.1, 0.15) is 11.5 Å². The Hall–Kier alpha value is -3.35. The highest BCUT2D eigenvalue weighted by molar-refractivity contribution is 5.80. The molecule has 2 unspecified atom stereocenters. The molecule has 1 fully saturated rings. The molecule has 0 N–H and O–H groups in total. The fourth-order valence-electron chi connectivity index (χ4n) is 3.89. The number of rotatable bonds is 9. The molecule has 1 amide bonds. The maximum atomic E-state index is 12.7. The molecule has 2 heterocycles. The van der Waals surface area contributed by atoms with Gasteiger partial charge < -0.3 is 18.9 Å². The lowest BCUT2D eigenvalue weighted by molar-refractivity contribution is -0.129. The molecule has 3 aromatic rings. The highest BCUT2D eigenvalue weighted by Gasteiger charge is 2.36. The van der Waals surface area contributed by atoms with E-state index in [4.69, 9.17) is 14.0 Å². The van der Waals surface area contributed by atoms with E-state index in [-0.39, 0.29) is 17.9 Å². The van der Waals surface area contributed by atoms with Crippen molar-refractivity contribution >= 4 is 5.91 Å². The second-order valence-electron chi connectivity index (χ2n) is 8.08. The number of aromatic nitrogens is 2. The van der Waals surface area contributed by atoms with Crippen molar-refractivity contribution < 1.29 is 18.8 Å². The van der Waals surface area contributed by atoms with Crippen molar-refractivity contribution in [3.8, 4) is 23.0 Å². The van der Waals surface area contributed by atoms with E-state index in [1.165, 1.54) is 0 Å². The second kappa shape index (κ2) is 9.85. The van der Waals surface area contributed by atoms with Crippen molar-refractivity contribution in [3.05, 3.63) is 59.9 Å². The van der Waals surface area contributed by atoms with Crippen LogP contribution < -0.4 is 9.47 Å². The SMILES string of the molecule is CCCCOc1ccc(-c2nc(C3CC(=O)N(C(C)c4ccc(OC)cc4)C3)no2)cc1. The summed E-state index contributed by atoms with van der Waals surface area (Å²) in [6.07, 6.45) is 2.51. The highest BCUT2D eigenvalue weighted by Crippen LogP contribution is 2.34. The number of hydrogen-bond acceptors (Lipinski definition) is 6. The van der Waals surface area contributed by atoms with Crippen LogP contribution >= 0.6 is 0 Å². The van der Waals surface area contributed by atoms with Gasteiger partial charge in [0.25, 0.3) is 5.89 Å². The van der Waals surface area contributed by atoms with Gasteiger partial charge in [0.15, 0.2) is 5.82 Å². The van der Waals surface area contributed by atoms with Crippen LogP contribution in [-0.4, -0.2) is 41.2 Å². The van der Waals surface area contributed by atoms with Gasteiger partial charge in [0, 0.05) is 24.4 Å². The zero-order chi connectivity index (χ0) is 22.5. The molecule has 168 valence electrons. The summed E-state index contributed by atoms with van der Waals surface area (Å²) >= 11 is 0. The fourth-order valence-corrected chi connectivity index (χ4v) is 3.89. The third-order valence-electron chi connectivity index (χ3n) is 5.90. The van der Waals surface area contributed by atoms with Gasteiger partial charge in [0.05, 0.1) is 19.8 Å². The standard InChI is InChI=1S/C25H29N3O4/c1-4-5-14-31-22-12-8-19(9-13-22)25-26-24(27-32-25)20-15-23(29)28(16-20)17(2)18-6-10-21(30-3)11-7-18/h6-13,17,20H,4-5,14-16H2,1-3H3. The second-order valence-corrected chi connectivity index (χ2v) is 8.08. The maximum Gasteiger partial charge on any atom is 0.257 e. The summed E-state index contributed by atoms with van der Waals surface area (Å²) in [6.45, 7) is 5.45. The summed E-state index contributed by atoms with van der Waals surface area (Å²) in [7, 11) is 1.64. The van der Waals surface area contributed by atoms with Crippen LogP contribution in [0.25, 0.3) is 11.5 Å². The Balaban J connectivity index is 1.41. The first-order valence-corrected chi connectivity index (χ1v) is 11.1. The fraction of sp³-hybridized carbons (Fsp3) is 0.400. The van der Waals surface area contributed by atoms with E-state index in [1.54, 1.807) is 7.11 Å². The first-order valence-electron chi connectivity index (χ1n) is 11.1. The molecule has 0 aliphatic carbocycles. The number of unbranched alkanes of at least 4 members (excludes halogenated alkanes) is 1. The first kappa shape index (κ1) is 21.9. The minimum Gasteiger partial charge on any atom is -0.497 e. The summed E-state index contributed by atoms with van der Waals surface area (Å²) in [4.78, 5) is 19.2. The van der Waals surface area contributed by atoms with E-state index in [9.17, 15) is 4.79 Å². The zero-order valence-corrected chi connectivity index (χ0v) is 18.8. The number of benzene rings is 2. The van der Waals surface area contributed by atoms with E-state index in [0.717, 1.165) is 35.5 Å². The third-order valence-corrected chi connectivity index (χ3v) is 5.90. The van der Waals surface area contributed by atoms with Crippen LogP contribution in [0.3, 0.4) is 0 Å². The predicted octanol–water partition coefficient (Wildman–Crippen LogP) is 5.00. The molecule has 1 aromatic heterocycles. The number of carbonyl (C=O) groups is 1. The lowest BCUT2D eigenvalue weighted by atomic mass is 10.1. The van der Waals surface area contributed by atoms with E-state index < -0.39 is 0 Å². The smallest absolute Gasteiger partial charge is 0.257 e. The number of nitrogens with zero attached hydrogens (tertiary/aromatic N) is 3. The minimum absolute atomic E-state index is 0.0370. The molecular weight excluding hydrogens is 406 g/mol. The molecule has 0 spiro atoms. The molecule has 2 atom stereocenters. The van der Waals surface area contributed by atoms with Gasteiger partial charge in [-0.2, -0.15) is 4.98 Å². The Morgan fingerprint density at radius 2 is 1.84 bits per heavy atom. The quantitative estimate of drug-likeness (QED) is 0.440. The van der Waals surface area contributed by atoms with Crippen molar-refractivity contribution in [1.82, 2.24) is 15.0 Å². The molecule has 4 rings (SSSR count). The van der Waals surface area contributed by atoms with E-state index in [1.807, 2.05) is 60.4 Å². The van der Waals surface area contributed by atoms with Gasteiger partial charge in [-0.25, -0.2) is 0 Å². The van der Waals surface area contributed by atoms with Gasteiger partial charge in [-0.05, 0) is 55.3 Å². The van der Waals surface area contributed by atoms with Crippen molar-refractivity contribution in [2.45, 2.75) is 45.1 Å². The van der Waals surface area contributed by atoms with Crippen molar-refractivity contribution in [2.24, 2.45) is 0 Å². The van der Waals surface area contributed by atoms with E-state index >= 15 is 0 Å². The summed E-state index contributed by atoms with van der Waals surface area (Å²) in [5, 5.41) is 4.17. The van der Waals surface area contributed by atoms with E-state index in [2.05, 4.69) is 17.1 Å². The Kier molecular flexibility index (Phi) is 6.73. The molecule has 32 heavy (non-hydrogen) atoms. The Labute approximate surface area is 188 Å². The number of carbonyl (C=O) groups excluding carboxylic acids is 1. The number of hydrogen-bond donors (Lipinski definition) is 0. The van der Waals surface area contributed by atoms with Crippen molar-refractivity contribution in [3.63, 3.8) is 0 Å². The summed E-state index contributed by atoms with van der Waals surface area (Å²) < 4.78 is 16.4. The normalized spacial score (nSPS) is 16.9. The molecule has 0 saturated carbocycles. The van der Waals surface area contributed by atoms with Gasteiger partial charge >= 0.3 is 0 Å². The van der Waals surface area contributed by atoms with Crippen molar-refractivity contribution in [1.29, 1.82) is 0 Å². The number of ether oxygens (including phenoxy) is 2. The van der Waals surface area contributed by atoms with Crippen LogP contribution in [0.15, 0.2) is 53.1 Å². The van der Waals surface area contributed by atoms with Crippen LogP contribution in [0.4, 0.5) is 0 Å². The van der Waals surface area contributed by atoms with Crippen molar-refractivity contribution in [2.75, 3.05) is 20.3 Å². The molecule has 7 nitrogen and oxygen atoms in total. The maximum absolute atomic E-state index is 12.7. The predicted molar refractivity (Wildman–Crippen MR) is 121 cm³/mol. The minimum atomic E-state index is -0.0858. The summed E-state index contributed by atoms with van der Waals surface area (Å²) in [5.41, 5.74) is 1.90. The lowest BCUT2D eigenvalue weighted by Crippen LogP contribution is -2.28. The third kappa shape index (κ3) is 4.77.